The Balaban J connectivity index is 1.56. The first-order chi connectivity index (χ1) is 11.8. The molecule has 1 aliphatic heterocycles. The van der Waals surface area contributed by atoms with E-state index in [0.29, 0.717) is 5.02 Å². The lowest BCUT2D eigenvalue weighted by Crippen LogP contribution is -2.47. The van der Waals surface area contributed by atoms with Crippen molar-refractivity contribution in [2.24, 2.45) is 23.7 Å². The summed E-state index contributed by atoms with van der Waals surface area (Å²) in [7, 11) is 0. The molecule has 9 heteroatoms. The van der Waals surface area contributed by atoms with Crippen molar-refractivity contribution in [1.29, 1.82) is 0 Å². The Hall–Kier alpha value is -0.630. The smallest absolute Gasteiger partial charge is 0.270 e. The maximum Gasteiger partial charge on any atom is 0.270 e. The van der Waals surface area contributed by atoms with Gasteiger partial charge in [0, 0.05) is 15.2 Å². The number of halogens is 4. The number of hydrogen-bond donors (Lipinski definition) is 1. The van der Waals surface area contributed by atoms with Gasteiger partial charge < -0.3 is 0 Å². The summed E-state index contributed by atoms with van der Waals surface area (Å²) in [5, 5.41) is 1.43. The Kier molecular flexibility index (Phi) is 4.42. The van der Waals surface area contributed by atoms with Gasteiger partial charge in [-0.05, 0) is 36.5 Å². The van der Waals surface area contributed by atoms with E-state index in [1.807, 2.05) is 0 Å². The third-order valence-electron chi connectivity index (χ3n) is 5.38. The van der Waals surface area contributed by atoms with Gasteiger partial charge in [-0.1, -0.05) is 55.1 Å². The minimum Gasteiger partial charge on any atom is -0.272 e. The molecule has 132 valence electrons. The van der Waals surface area contributed by atoms with Crippen LogP contribution in [0.1, 0.15) is 16.8 Å². The lowest BCUT2D eigenvalue weighted by Gasteiger charge is -2.28. The third-order valence-corrected chi connectivity index (χ3v) is 9.33. The standard InChI is InChI=1S/C16H12Br2Cl2N2O3/c17-12-6-4-7(13(12)18)11-10(6)15(24)22(16(11)25)21-14(23)5-1-2-8(19)9(20)3-5/h1-3,6-7,10-13H,4H2,(H,21,23)/t6-,7-,10-,11-,12+,13+/m1/s1. The Labute approximate surface area is 170 Å². The molecule has 4 rings (SSSR count). The Morgan fingerprint density at radius 3 is 2.12 bits per heavy atom. The number of amides is 3. The van der Waals surface area contributed by atoms with E-state index in [1.54, 1.807) is 0 Å². The molecule has 3 aliphatic rings. The number of nitrogens with zero attached hydrogens (tertiary/aromatic N) is 1. The summed E-state index contributed by atoms with van der Waals surface area (Å²) in [6.45, 7) is 0. The molecule has 25 heavy (non-hydrogen) atoms. The highest BCUT2D eigenvalue weighted by Gasteiger charge is 2.66. The van der Waals surface area contributed by atoms with Gasteiger partial charge in [0.25, 0.3) is 17.7 Å². The number of rotatable bonds is 2. The molecule has 0 aromatic heterocycles. The molecule has 1 saturated heterocycles. The minimum atomic E-state index is -0.571. The molecule has 6 atom stereocenters. The second-order valence-corrected chi connectivity index (χ2v) is 9.51. The van der Waals surface area contributed by atoms with Crippen molar-refractivity contribution >= 4 is 72.8 Å². The number of alkyl halides is 2. The van der Waals surface area contributed by atoms with Crippen LogP contribution in [-0.2, 0) is 9.59 Å². The third kappa shape index (κ3) is 2.58. The summed E-state index contributed by atoms with van der Waals surface area (Å²) >= 11 is 19.0. The van der Waals surface area contributed by atoms with Crippen molar-refractivity contribution < 1.29 is 14.4 Å². The van der Waals surface area contributed by atoms with Crippen molar-refractivity contribution in [3.05, 3.63) is 33.8 Å². The molecule has 3 amide bonds. The fourth-order valence-electron chi connectivity index (χ4n) is 4.26. The second kappa shape index (κ2) is 6.22. The maximum atomic E-state index is 12.7. The van der Waals surface area contributed by atoms with E-state index in [-0.39, 0.29) is 55.7 Å². The van der Waals surface area contributed by atoms with Gasteiger partial charge in [-0.3, -0.25) is 19.8 Å². The van der Waals surface area contributed by atoms with Gasteiger partial charge in [0.2, 0.25) is 0 Å². The van der Waals surface area contributed by atoms with Gasteiger partial charge >= 0.3 is 0 Å². The summed E-state index contributed by atoms with van der Waals surface area (Å²) in [6.07, 6.45) is 0.841. The Morgan fingerprint density at radius 2 is 1.60 bits per heavy atom. The Bertz CT molecular complexity index is 774. The zero-order valence-corrected chi connectivity index (χ0v) is 17.3. The van der Waals surface area contributed by atoms with Gasteiger partial charge in [-0.2, -0.15) is 5.01 Å². The average Bonchev–Trinajstić information content (AvgIpc) is 3.17. The first-order valence-corrected chi connectivity index (χ1v) is 10.3. The number of fused-ring (bicyclic) bond motifs is 5. The van der Waals surface area contributed by atoms with Crippen LogP contribution in [-0.4, -0.2) is 32.4 Å². The molecule has 2 aliphatic carbocycles. The summed E-state index contributed by atoms with van der Waals surface area (Å²) in [5.74, 6) is -1.78. The molecule has 0 radical (unpaired) electrons. The van der Waals surface area contributed by atoms with E-state index < -0.39 is 5.91 Å². The van der Waals surface area contributed by atoms with Gasteiger partial charge in [0.1, 0.15) is 0 Å². The summed E-state index contributed by atoms with van der Waals surface area (Å²) < 4.78 is 0. The number of carbonyl (C=O) groups excluding carboxylic acids is 3. The fraction of sp³-hybridized carbons (Fsp3) is 0.438. The molecule has 2 saturated carbocycles. The van der Waals surface area contributed by atoms with Crippen LogP contribution in [0.15, 0.2) is 18.2 Å². The number of carbonyl (C=O) groups is 3. The minimum absolute atomic E-state index is 0.0997. The topological polar surface area (TPSA) is 66.5 Å². The summed E-state index contributed by atoms with van der Waals surface area (Å²) in [5.41, 5.74) is 2.66. The van der Waals surface area contributed by atoms with Gasteiger partial charge in [-0.15, -0.1) is 0 Å². The van der Waals surface area contributed by atoms with Crippen LogP contribution in [0, 0.1) is 23.7 Å². The van der Waals surface area contributed by atoms with Crippen LogP contribution in [0.25, 0.3) is 0 Å². The number of nitrogens with one attached hydrogen (secondary N) is 1. The SMILES string of the molecule is O=C(NN1C(=O)[C@@H]2[C@H]3C[C@@H]([C@H](Br)[C@H]3Br)[C@H]2C1=O)c1ccc(Cl)c(Cl)c1. The van der Waals surface area contributed by atoms with Gasteiger partial charge in [0.05, 0.1) is 21.9 Å². The second-order valence-electron chi connectivity index (χ2n) is 6.59. The molecular formula is C16H12Br2Cl2N2O3. The molecule has 1 aromatic carbocycles. The van der Waals surface area contributed by atoms with Crippen molar-refractivity contribution in [3.63, 3.8) is 0 Å². The first kappa shape index (κ1) is 17.8. The quantitative estimate of drug-likeness (QED) is 0.490. The van der Waals surface area contributed by atoms with E-state index in [2.05, 4.69) is 37.3 Å². The normalized spacial score (nSPS) is 36.1. The van der Waals surface area contributed by atoms with Gasteiger partial charge in [-0.25, -0.2) is 0 Å². The molecule has 0 spiro atoms. The van der Waals surface area contributed by atoms with Crippen LogP contribution in [0.2, 0.25) is 10.0 Å². The zero-order valence-electron chi connectivity index (χ0n) is 12.6. The first-order valence-electron chi connectivity index (χ1n) is 7.73. The zero-order chi connectivity index (χ0) is 18.0. The lowest BCUT2D eigenvalue weighted by atomic mass is 9.81. The number of benzene rings is 1. The maximum absolute atomic E-state index is 12.7. The molecule has 1 heterocycles. The molecular weight excluding hydrogens is 499 g/mol. The van der Waals surface area contributed by atoms with Crippen molar-refractivity contribution in [2.45, 2.75) is 16.1 Å². The number of imide groups is 1. The molecule has 3 fully saturated rings. The van der Waals surface area contributed by atoms with Crippen LogP contribution in [0.4, 0.5) is 0 Å². The number of hydrazine groups is 1. The molecule has 0 unspecified atom stereocenters. The van der Waals surface area contributed by atoms with Crippen molar-refractivity contribution in [3.8, 4) is 0 Å². The molecule has 5 nitrogen and oxygen atoms in total. The molecule has 2 bridgehead atoms. The average molecular weight is 511 g/mol. The van der Waals surface area contributed by atoms with E-state index in [4.69, 9.17) is 23.2 Å². The van der Waals surface area contributed by atoms with E-state index in [0.717, 1.165) is 11.4 Å². The molecule has 1 N–H and O–H groups in total. The highest BCUT2D eigenvalue weighted by molar-refractivity contribution is 9.12. The van der Waals surface area contributed by atoms with Crippen LogP contribution in [0.3, 0.4) is 0 Å². The van der Waals surface area contributed by atoms with Crippen molar-refractivity contribution in [2.75, 3.05) is 0 Å². The Morgan fingerprint density at radius 1 is 1.04 bits per heavy atom. The predicted octanol–water partition coefficient (Wildman–Crippen LogP) is 3.42. The van der Waals surface area contributed by atoms with Crippen LogP contribution >= 0.6 is 55.1 Å². The largest absolute Gasteiger partial charge is 0.272 e. The highest BCUT2D eigenvalue weighted by Crippen LogP contribution is 2.59. The summed E-state index contributed by atoms with van der Waals surface area (Å²) in [6, 6.07) is 4.38. The predicted molar refractivity (Wildman–Crippen MR) is 99.8 cm³/mol. The number of hydrogen-bond acceptors (Lipinski definition) is 3. The van der Waals surface area contributed by atoms with Crippen molar-refractivity contribution in [1.82, 2.24) is 10.4 Å². The van der Waals surface area contributed by atoms with E-state index in [9.17, 15) is 14.4 Å². The lowest BCUT2D eigenvalue weighted by molar-refractivity contribution is -0.143. The highest BCUT2D eigenvalue weighted by atomic mass is 79.9. The molecule has 1 aromatic rings. The van der Waals surface area contributed by atoms with Crippen LogP contribution in [0.5, 0.6) is 0 Å². The van der Waals surface area contributed by atoms with Crippen LogP contribution < -0.4 is 5.43 Å². The van der Waals surface area contributed by atoms with E-state index in [1.165, 1.54) is 18.2 Å². The van der Waals surface area contributed by atoms with Gasteiger partial charge in [0.15, 0.2) is 0 Å². The van der Waals surface area contributed by atoms with E-state index >= 15 is 0 Å². The summed E-state index contributed by atoms with van der Waals surface area (Å²) in [4.78, 5) is 38.2. The fourth-order valence-corrected chi connectivity index (χ4v) is 6.43. The monoisotopic (exact) mass is 508 g/mol.